The fourth-order valence-electron chi connectivity index (χ4n) is 3.17. The van der Waals surface area contributed by atoms with E-state index in [0.29, 0.717) is 11.7 Å². The molecule has 0 aliphatic carbocycles. The van der Waals surface area contributed by atoms with Crippen molar-refractivity contribution < 1.29 is 14.3 Å². The predicted molar refractivity (Wildman–Crippen MR) is 110 cm³/mol. The molecule has 0 unspecified atom stereocenters. The third-order valence-corrected chi connectivity index (χ3v) is 4.74. The summed E-state index contributed by atoms with van der Waals surface area (Å²) in [5.41, 5.74) is 4.43. The third kappa shape index (κ3) is 5.25. The number of hydrogen-bond donors (Lipinski definition) is 1. The van der Waals surface area contributed by atoms with E-state index in [1.54, 1.807) is 14.0 Å². The minimum Gasteiger partial charge on any atom is -0.496 e. The number of carbonyl (C=O) groups excluding carboxylic acids is 1. The number of carbonyl (C=O) groups is 1. The van der Waals surface area contributed by atoms with Crippen molar-refractivity contribution in [2.45, 2.75) is 59.6 Å². The van der Waals surface area contributed by atoms with E-state index in [9.17, 15) is 4.79 Å². The van der Waals surface area contributed by atoms with Gasteiger partial charge in [-0.3, -0.25) is 4.79 Å². The number of ether oxygens (including phenoxy) is 2. The van der Waals surface area contributed by atoms with Gasteiger partial charge in [0, 0.05) is 0 Å². The first-order chi connectivity index (χ1) is 12.7. The van der Waals surface area contributed by atoms with Crippen molar-refractivity contribution >= 4 is 5.91 Å². The van der Waals surface area contributed by atoms with Gasteiger partial charge in [0.25, 0.3) is 5.91 Å². The fourth-order valence-corrected chi connectivity index (χ4v) is 3.17. The minimum atomic E-state index is -0.572. The van der Waals surface area contributed by atoms with Crippen LogP contribution in [0.3, 0.4) is 0 Å². The van der Waals surface area contributed by atoms with Crippen LogP contribution in [0.25, 0.3) is 0 Å². The standard InChI is InChI=1S/C23H31NO3/c1-14(2)20-13-21(16(4)12-22(20)26-7)17(5)24-23(25)18(6)27-19-10-8-9-15(3)11-19/h8-14,17-18H,1-7H3,(H,24,25)/t17-,18+/m0/s1. The highest BCUT2D eigenvalue weighted by Crippen LogP contribution is 2.32. The Morgan fingerprint density at radius 3 is 2.30 bits per heavy atom. The number of rotatable bonds is 7. The van der Waals surface area contributed by atoms with Gasteiger partial charge >= 0.3 is 0 Å². The Morgan fingerprint density at radius 2 is 1.70 bits per heavy atom. The fraction of sp³-hybridized carbons (Fsp3) is 0.435. The van der Waals surface area contributed by atoms with E-state index in [1.165, 1.54) is 0 Å². The van der Waals surface area contributed by atoms with Gasteiger partial charge in [-0.15, -0.1) is 0 Å². The van der Waals surface area contributed by atoms with Crippen molar-refractivity contribution in [3.8, 4) is 11.5 Å². The molecule has 1 amide bonds. The average Bonchev–Trinajstić information content (AvgIpc) is 2.60. The molecule has 146 valence electrons. The first kappa shape index (κ1) is 20.8. The molecule has 4 nitrogen and oxygen atoms in total. The van der Waals surface area contributed by atoms with Crippen LogP contribution in [0.5, 0.6) is 11.5 Å². The largest absolute Gasteiger partial charge is 0.496 e. The van der Waals surface area contributed by atoms with Crippen molar-refractivity contribution in [1.29, 1.82) is 0 Å². The van der Waals surface area contributed by atoms with E-state index >= 15 is 0 Å². The predicted octanol–water partition coefficient (Wildman–Crippen LogP) is 5.08. The minimum absolute atomic E-state index is 0.121. The highest BCUT2D eigenvalue weighted by Gasteiger charge is 2.20. The summed E-state index contributed by atoms with van der Waals surface area (Å²) in [5, 5.41) is 3.07. The average molecular weight is 370 g/mol. The summed E-state index contributed by atoms with van der Waals surface area (Å²) < 4.78 is 11.3. The smallest absolute Gasteiger partial charge is 0.261 e. The lowest BCUT2D eigenvalue weighted by Gasteiger charge is -2.23. The van der Waals surface area contributed by atoms with Crippen LogP contribution in [0.15, 0.2) is 36.4 Å². The van der Waals surface area contributed by atoms with Crippen LogP contribution >= 0.6 is 0 Å². The number of benzene rings is 2. The summed E-state index contributed by atoms with van der Waals surface area (Å²) in [4.78, 5) is 12.6. The topological polar surface area (TPSA) is 47.6 Å². The number of aryl methyl sites for hydroxylation is 2. The lowest BCUT2D eigenvalue weighted by molar-refractivity contribution is -0.127. The molecule has 0 radical (unpaired) electrons. The van der Waals surface area contributed by atoms with Crippen molar-refractivity contribution in [2.75, 3.05) is 7.11 Å². The van der Waals surface area contributed by atoms with E-state index in [0.717, 1.165) is 28.0 Å². The Kier molecular flexibility index (Phi) is 6.89. The Hall–Kier alpha value is -2.49. The van der Waals surface area contributed by atoms with E-state index in [1.807, 2.05) is 51.1 Å². The molecule has 27 heavy (non-hydrogen) atoms. The molecule has 4 heteroatoms. The SMILES string of the molecule is COc1cc(C)c([C@H](C)NC(=O)[C@@H](C)Oc2cccc(C)c2)cc1C(C)C. The van der Waals surface area contributed by atoms with Crippen LogP contribution in [0.4, 0.5) is 0 Å². The maximum atomic E-state index is 12.6. The Balaban J connectivity index is 2.12. The van der Waals surface area contributed by atoms with E-state index in [2.05, 4.69) is 25.2 Å². The molecular weight excluding hydrogens is 338 g/mol. The van der Waals surface area contributed by atoms with Gasteiger partial charge in [0.15, 0.2) is 6.10 Å². The van der Waals surface area contributed by atoms with Crippen LogP contribution in [0.1, 0.15) is 61.9 Å². The first-order valence-corrected chi connectivity index (χ1v) is 9.45. The summed E-state index contributed by atoms with van der Waals surface area (Å²) >= 11 is 0. The normalized spacial score (nSPS) is 13.2. The van der Waals surface area contributed by atoms with Crippen molar-refractivity contribution in [3.63, 3.8) is 0 Å². The molecule has 2 aromatic carbocycles. The van der Waals surface area contributed by atoms with Crippen molar-refractivity contribution in [1.82, 2.24) is 5.32 Å². The number of nitrogens with one attached hydrogen (secondary N) is 1. The Labute approximate surface area is 162 Å². The summed E-state index contributed by atoms with van der Waals surface area (Å²) in [6.07, 6.45) is -0.572. The van der Waals surface area contributed by atoms with Crippen LogP contribution < -0.4 is 14.8 Å². The van der Waals surface area contributed by atoms with Gasteiger partial charge in [-0.1, -0.05) is 26.0 Å². The van der Waals surface area contributed by atoms with Crippen molar-refractivity contribution in [3.05, 3.63) is 58.7 Å². The highest BCUT2D eigenvalue weighted by molar-refractivity contribution is 5.81. The van der Waals surface area contributed by atoms with Crippen molar-refractivity contribution in [2.24, 2.45) is 0 Å². The second kappa shape index (κ2) is 8.94. The van der Waals surface area contributed by atoms with Gasteiger partial charge in [0.2, 0.25) is 0 Å². The molecule has 0 spiro atoms. The van der Waals surface area contributed by atoms with E-state index < -0.39 is 6.10 Å². The van der Waals surface area contributed by atoms with Crippen LogP contribution in [0, 0.1) is 13.8 Å². The van der Waals surface area contributed by atoms with Crippen LogP contribution in [-0.4, -0.2) is 19.1 Å². The molecule has 2 rings (SSSR count). The molecule has 0 saturated heterocycles. The Morgan fingerprint density at radius 1 is 1.00 bits per heavy atom. The number of methoxy groups -OCH3 is 1. The lowest BCUT2D eigenvalue weighted by Crippen LogP contribution is -2.38. The summed E-state index contributed by atoms with van der Waals surface area (Å²) in [7, 11) is 1.69. The molecule has 2 atom stereocenters. The molecule has 0 heterocycles. The van der Waals surface area contributed by atoms with Crippen LogP contribution in [-0.2, 0) is 4.79 Å². The number of hydrogen-bond acceptors (Lipinski definition) is 3. The molecule has 0 aliphatic rings. The molecule has 0 aliphatic heterocycles. The summed E-state index contributed by atoms with van der Waals surface area (Å²) in [6, 6.07) is 11.8. The van der Waals surface area contributed by atoms with Gasteiger partial charge in [-0.2, -0.15) is 0 Å². The molecule has 1 N–H and O–H groups in total. The van der Waals surface area contributed by atoms with Gasteiger partial charge in [-0.25, -0.2) is 0 Å². The zero-order valence-electron chi connectivity index (χ0n) is 17.4. The molecule has 2 aromatic rings. The molecular formula is C23H31NO3. The lowest BCUT2D eigenvalue weighted by atomic mass is 9.93. The zero-order chi connectivity index (χ0) is 20.1. The molecule has 0 aromatic heterocycles. The molecule has 0 saturated carbocycles. The van der Waals surface area contributed by atoms with Gasteiger partial charge in [-0.05, 0) is 80.1 Å². The summed E-state index contributed by atoms with van der Waals surface area (Å²) in [6.45, 7) is 12.1. The maximum Gasteiger partial charge on any atom is 0.261 e. The van der Waals surface area contributed by atoms with Crippen LogP contribution in [0.2, 0.25) is 0 Å². The van der Waals surface area contributed by atoms with Gasteiger partial charge in [0.1, 0.15) is 11.5 Å². The third-order valence-electron chi connectivity index (χ3n) is 4.74. The number of amides is 1. The Bertz CT molecular complexity index is 798. The summed E-state index contributed by atoms with van der Waals surface area (Å²) in [5.74, 6) is 1.80. The maximum absolute atomic E-state index is 12.6. The zero-order valence-corrected chi connectivity index (χ0v) is 17.4. The monoisotopic (exact) mass is 369 g/mol. The second-order valence-electron chi connectivity index (χ2n) is 7.41. The molecule has 0 bridgehead atoms. The van der Waals surface area contributed by atoms with E-state index in [4.69, 9.17) is 9.47 Å². The molecule has 0 fully saturated rings. The highest BCUT2D eigenvalue weighted by atomic mass is 16.5. The van der Waals surface area contributed by atoms with E-state index in [-0.39, 0.29) is 11.9 Å². The first-order valence-electron chi connectivity index (χ1n) is 9.45. The van der Waals surface area contributed by atoms with Gasteiger partial charge in [0.05, 0.1) is 13.2 Å². The second-order valence-corrected chi connectivity index (χ2v) is 7.41. The van der Waals surface area contributed by atoms with Gasteiger partial charge < -0.3 is 14.8 Å². The quantitative estimate of drug-likeness (QED) is 0.740.